The number of ether oxygens (including phenoxy) is 1. The van der Waals surface area contributed by atoms with E-state index in [2.05, 4.69) is 6.92 Å². The number of hydrogen-bond donors (Lipinski definition) is 0. The molecule has 0 aromatic heterocycles. The summed E-state index contributed by atoms with van der Waals surface area (Å²) in [6.45, 7) is 2.15. The van der Waals surface area contributed by atoms with E-state index in [1.54, 1.807) is 12.1 Å². The fourth-order valence-electron chi connectivity index (χ4n) is 1.54. The predicted octanol–water partition coefficient (Wildman–Crippen LogP) is 3.79. The number of rotatable bonds is 7. The third-order valence-corrected chi connectivity index (χ3v) is 2.92. The number of halogens is 1. The molecule has 0 aliphatic rings. The van der Waals surface area contributed by atoms with Gasteiger partial charge in [-0.1, -0.05) is 50.8 Å². The van der Waals surface area contributed by atoms with Crippen LogP contribution in [-0.4, -0.2) is 40.9 Å². The zero-order chi connectivity index (χ0) is 12.5. The Labute approximate surface area is 136 Å². The first-order valence-corrected chi connectivity index (χ1v) is 6.58. The van der Waals surface area contributed by atoms with Crippen molar-refractivity contribution in [2.75, 3.05) is 0 Å². The van der Waals surface area contributed by atoms with Crippen LogP contribution in [0.15, 0.2) is 30.3 Å². The van der Waals surface area contributed by atoms with Crippen molar-refractivity contribution in [2.24, 2.45) is 0 Å². The molecule has 0 amide bonds. The van der Waals surface area contributed by atoms with Crippen LogP contribution in [0.5, 0.6) is 5.75 Å². The van der Waals surface area contributed by atoms with Crippen molar-refractivity contribution in [2.45, 2.75) is 44.4 Å². The van der Waals surface area contributed by atoms with Crippen LogP contribution in [0.1, 0.15) is 39.0 Å². The Morgan fingerprint density at radius 2 is 1.89 bits per heavy atom. The van der Waals surface area contributed by atoms with Gasteiger partial charge in [0.05, 0.1) is 0 Å². The van der Waals surface area contributed by atoms with Gasteiger partial charge in [-0.3, -0.25) is 4.79 Å². The average Bonchev–Trinajstić information content (AvgIpc) is 2.35. The number of alkyl halides is 1. The van der Waals surface area contributed by atoms with Crippen LogP contribution in [-0.2, 0) is 4.79 Å². The molecule has 1 atom stereocenters. The second-order valence-electron chi connectivity index (χ2n) is 4.05. The second kappa shape index (κ2) is 10.9. The van der Waals surface area contributed by atoms with E-state index >= 15 is 0 Å². The van der Waals surface area contributed by atoms with Crippen molar-refractivity contribution < 1.29 is 9.53 Å². The number of hydrogen-bond acceptors (Lipinski definition) is 2. The van der Waals surface area contributed by atoms with E-state index in [4.69, 9.17) is 16.3 Å². The normalized spacial score (nSPS) is 11.4. The largest absolute Gasteiger partial charge is 0.425 e. The molecule has 0 bridgehead atoms. The Hall–Kier alpha value is -0.0200. The Balaban J connectivity index is 0.00000289. The maximum Gasteiger partial charge on any atom is 0.329 e. The van der Waals surface area contributed by atoms with Crippen molar-refractivity contribution in [3.05, 3.63) is 30.3 Å². The number of unbranched alkanes of at least 4 members (excludes halogenated alkanes) is 3. The van der Waals surface area contributed by atoms with Crippen molar-refractivity contribution >= 4 is 47.1 Å². The Kier molecular flexibility index (Phi) is 10.8. The first kappa shape index (κ1) is 18.0. The summed E-state index contributed by atoms with van der Waals surface area (Å²) < 4.78 is 5.16. The van der Waals surface area contributed by atoms with Crippen LogP contribution in [0.25, 0.3) is 0 Å². The summed E-state index contributed by atoms with van der Waals surface area (Å²) in [5.74, 6) is 0.200. The van der Waals surface area contributed by atoms with Crippen LogP contribution in [0.2, 0.25) is 0 Å². The van der Waals surface area contributed by atoms with E-state index in [0.29, 0.717) is 12.2 Å². The van der Waals surface area contributed by atoms with E-state index in [9.17, 15) is 4.79 Å². The summed E-state index contributed by atoms with van der Waals surface area (Å²) in [6, 6.07) is 9.03. The van der Waals surface area contributed by atoms with Gasteiger partial charge in [0.1, 0.15) is 11.1 Å². The van der Waals surface area contributed by atoms with Gasteiger partial charge < -0.3 is 4.74 Å². The molecule has 95 valence electrons. The molecule has 0 aliphatic heterocycles. The van der Waals surface area contributed by atoms with Gasteiger partial charge in [0.2, 0.25) is 0 Å². The number of benzene rings is 1. The van der Waals surface area contributed by atoms with Crippen LogP contribution < -0.4 is 4.74 Å². The minimum Gasteiger partial charge on any atom is -0.425 e. The summed E-state index contributed by atoms with van der Waals surface area (Å²) in [4.78, 5) is 11.6. The number of esters is 1. The minimum absolute atomic E-state index is 0. The number of carbonyl (C=O) groups is 1. The summed E-state index contributed by atoms with van der Waals surface area (Å²) in [5, 5.41) is -0.535. The molecule has 18 heavy (non-hydrogen) atoms. The summed E-state index contributed by atoms with van der Waals surface area (Å²) in [5.41, 5.74) is 0. The van der Waals surface area contributed by atoms with E-state index < -0.39 is 5.38 Å². The molecule has 0 fully saturated rings. The first-order chi connectivity index (χ1) is 8.24. The predicted molar refractivity (Wildman–Crippen MR) is 76.2 cm³/mol. The number of carbonyl (C=O) groups excluding carboxylic acids is 1. The molecule has 2 nitrogen and oxygen atoms in total. The molecule has 1 rings (SSSR count). The van der Waals surface area contributed by atoms with Gasteiger partial charge >= 0.3 is 5.97 Å². The minimum atomic E-state index is -0.535. The van der Waals surface area contributed by atoms with Gasteiger partial charge in [-0.15, -0.1) is 11.6 Å². The van der Waals surface area contributed by atoms with Gasteiger partial charge in [-0.25, -0.2) is 0 Å². The van der Waals surface area contributed by atoms with Gasteiger partial charge in [-0.2, -0.15) is 0 Å². The van der Waals surface area contributed by atoms with E-state index in [-0.39, 0.29) is 35.5 Å². The first-order valence-electron chi connectivity index (χ1n) is 6.15. The van der Waals surface area contributed by atoms with E-state index in [1.807, 2.05) is 18.2 Å². The molecule has 0 aliphatic carbocycles. The summed E-state index contributed by atoms with van der Waals surface area (Å²) in [6.07, 6.45) is 5.16. The molecule has 1 radical (unpaired) electrons. The van der Waals surface area contributed by atoms with Gasteiger partial charge in [0.25, 0.3) is 0 Å². The zero-order valence-corrected chi connectivity index (χ0v) is 14.0. The molecule has 1 aromatic carbocycles. The fourth-order valence-corrected chi connectivity index (χ4v) is 1.74. The van der Waals surface area contributed by atoms with Crippen LogP contribution >= 0.6 is 11.6 Å². The maximum absolute atomic E-state index is 11.6. The third kappa shape index (κ3) is 7.42. The van der Waals surface area contributed by atoms with Crippen molar-refractivity contribution in [1.29, 1.82) is 0 Å². The SMILES string of the molecule is CCCCCCC(Cl)C(=O)Oc1ccccc1.[Na]. The molecule has 0 heterocycles. The smallest absolute Gasteiger partial charge is 0.329 e. The van der Waals surface area contributed by atoms with Crippen molar-refractivity contribution in [3.63, 3.8) is 0 Å². The van der Waals surface area contributed by atoms with E-state index in [1.165, 1.54) is 12.8 Å². The molecular weight excluding hydrogens is 259 g/mol. The maximum atomic E-state index is 11.6. The van der Waals surface area contributed by atoms with Gasteiger partial charge in [-0.05, 0) is 18.6 Å². The molecular formula is C14H19ClNaO2. The molecule has 1 unspecified atom stereocenters. The topological polar surface area (TPSA) is 26.3 Å². The Morgan fingerprint density at radius 1 is 1.22 bits per heavy atom. The van der Waals surface area contributed by atoms with Crippen molar-refractivity contribution in [1.82, 2.24) is 0 Å². The molecule has 1 aromatic rings. The van der Waals surface area contributed by atoms with Crippen LogP contribution in [0.4, 0.5) is 0 Å². The standard InChI is InChI=1S/C14H19ClO2.Na/c1-2-3-4-8-11-13(15)14(16)17-12-9-6-5-7-10-12;/h5-7,9-10,13H,2-4,8,11H2,1H3;. The molecule has 0 N–H and O–H groups in total. The van der Waals surface area contributed by atoms with Crippen LogP contribution in [0, 0.1) is 0 Å². The van der Waals surface area contributed by atoms with Gasteiger partial charge in [0.15, 0.2) is 0 Å². The number of para-hydroxylation sites is 1. The quantitative estimate of drug-likeness (QED) is 0.249. The summed E-state index contributed by atoms with van der Waals surface area (Å²) >= 11 is 5.99. The molecule has 0 spiro atoms. The molecule has 4 heteroatoms. The monoisotopic (exact) mass is 277 g/mol. The molecule has 0 saturated heterocycles. The average molecular weight is 278 g/mol. The molecule has 0 saturated carbocycles. The van der Waals surface area contributed by atoms with Crippen molar-refractivity contribution in [3.8, 4) is 5.75 Å². The van der Waals surface area contributed by atoms with Crippen LogP contribution in [0.3, 0.4) is 0 Å². The zero-order valence-electron chi connectivity index (χ0n) is 11.2. The third-order valence-electron chi connectivity index (χ3n) is 2.53. The second-order valence-corrected chi connectivity index (χ2v) is 4.58. The Bertz CT molecular complexity index is 330. The Morgan fingerprint density at radius 3 is 2.50 bits per heavy atom. The van der Waals surface area contributed by atoms with E-state index in [0.717, 1.165) is 12.8 Å². The fraction of sp³-hybridized carbons (Fsp3) is 0.500. The van der Waals surface area contributed by atoms with Gasteiger partial charge in [0, 0.05) is 29.6 Å². The summed E-state index contributed by atoms with van der Waals surface area (Å²) in [7, 11) is 0.